The number of hydrogen-bond donors (Lipinski definition) is 2. The Kier molecular flexibility index (Phi) is 4.89. The molecule has 0 radical (unpaired) electrons. The Morgan fingerprint density at radius 2 is 1.90 bits per heavy atom. The van der Waals surface area contributed by atoms with Gasteiger partial charge in [-0.2, -0.15) is 12.7 Å². The highest BCUT2D eigenvalue weighted by atomic mass is 32.2. The Labute approximate surface area is 124 Å². The Morgan fingerprint density at radius 3 is 2.57 bits per heavy atom. The van der Waals surface area contributed by atoms with E-state index in [1.54, 1.807) is 6.07 Å². The Balaban J connectivity index is 1.89. The van der Waals surface area contributed by atoms with Gasteiger partial charge < -0.3 is 9.88 Å². The number of nitrogens with zero attached hydrogens (tertiary/aromatic N) is 4. The van der Waals surface area contributed by atoms with E-state index in [2.05, 4.69) is 20.0 Å². The van der Waals surface area contributed by atoms with Crippen LogP contribution in [-0.2, 0) is 10.2 Å². The van der Waals surface area contributed by atoms with E-state index in [0.717, 1.165) is 10.1 Å². The number of rotatable bonds is 7. The molecule has 0 atom stereocenters. The van der Waals surface area contributed by atoms with E-state index < -0.39 is 10.2 Å². The summed E-state index contributed by atoms with van der Waals surface area (Å²) in [5.74, 6) is 1.38. The van der Waals surface area contributed by atoms with E-state index in [1.165, 1.54) is 20.4 Å². The Hall–Kier alpha value is -1.97. The number of hydrogen-bond acceptors (Lipinski definition) is 5. The lowest BCUT2D eigenvalue weighted by atomic mass is 10.5. The van der Waals surface area contributed by atoms with Crippen LogP contribution in [0.25, 0.3) is 5.82 Å². The van der Waals surface area contributed by atoms with Crippen LogP contribution in [0.1, 0.15) is 0 Å². The largest absolute Gasteiger partial charge is 0.369 e. The van der Waals surface area contributed by atoms with Crippen molar-refractivity contribution in [3.05, 3.63) is 36.9 Å². The molecule has 2 rings (SSSR count). The minimum Gasteiger partial charge on any atom is -0.369 e. The van der Waals surface area contributed by atoms with Gasteiger partial charge in [-0.1, -0.05) is 0 Å². The topological polar surface area (TPSA) is 92.2 Å². The lowest BCUT2D eigenvalue weighted by Gasteiger charge is -2.12. The second-order valence-electron chi connectivity index (χ2n) is 4.46. The molecule has 8 nitrogen and oxygen atoms in total. The van der Waals surface area contributed by atoms with Crippen LogP contribution in [0.5, 0.6) is 0 Å². The summed E-state index contributed by atoms with van der Waals surface area (Å²) in [6, 6.07) is 5.61. The van der Waals surface area contributed by atoms with Gasteiger partial charge in [-0.05, 0) is 12.1 Å². The molecule has 0 saturated heterocycles. The summed E-state index contributed by atoms with van der Waals surface area (Å²) >= 11 is 0. The molecule has 0 spiro atoms. The molecule has 0 bridgehead atoms. The van der Waals surface area contributed by atoms with E-state index in [4.69, 9.17) is 0 Å². The molecule has 2 aromatic rings. The highest BCUT2D eigenvalue weighted by molar-refractivity contribution is 7.87. The third-order valence-corrected chi connectivity index (χ3v) is 4.25. The van der Waals surface area contributed by atoms with E-state index in [9.17, 15) is 8.42 Å². The third-order valence-electron chi connectivity index (χ3n) is 2.72. The van der Waals surface area contributed by atoms with E-state index in [-0.39, 0.29) is 6.54 Å². The van der Waals surface area contributed by atoms with Crippen LogP contribution in [0.2, 0.25) is 0 Å². The molecule has 0 aliphatic rings. The van der Waals surface area contributed by atoms with Gasteiger partial charge in [0, 0.05) is 45.6 Å². The Bertz CT molecular complexity index is 669. The molecule has 21 heavy (non-hydrogen) atoms. The predicted octanol–water partition coefficient (Wildman–Crippen LogP) is 0.0752. The molecule has 0 aliphatic heterocycles. The maximum absolute atomic E-state index is 11.5. The van der Waals surface area contributed by atoms with Crippen molar-refractivity contribution < 1.29 is 8.42 Å². The molecular weight excluding hydrogens is 292 g/mol. The lowest BCUT2D eigenvalue weighted by Crippen LogP contribution is -2.38. The average Bonchev–Trinajstić information content (AvgIpc) is 2.98. The molecule has 0 aliphatic carbocycles. The lowest BCUT2D eigenvalue weighted by molar-refractivity contribution is 0.507. The van der Waals surface area contributed by atoms with Crippen molar-refractivity contribution in [2.75, 3.05) is 32.5 Å². The minimum atomic E-state index is -3.39. The quantitative estimate of drug-likeness (QED) is 0.706. The monoisotopic (exact) mass is 310 g/mol. The van der Waals surface area contributed by atoms with Gasteiger partial charge in [-0.15, -0.1) is 0 Å². The van der Waals surface area contributed by atoms with Gasteiger partial charge >= 0.3 is 0 Å². The second kappa shape index (κ2) is 6.66. The van der Waals surface area contributed by atoms with Crippen molar-refractivity contribution in [2.45, 2.75) is 0 Å². The van der Waals surface area contributed by atoms with Crippen molar-refractivity contribution in [1.29, 1.82) is 0 Å². The van der Waals surface area contributed by atoms with Gasteiger partial charge in [-0.3, -0.25) is 0 Å². The maximum atomic E-state index is 11.5. The van der Waals surface area contributed by atoms with Gasteiger partial charge in [-0.25, -0.2) is 14.7 Å². The van der Waals surface area contributed by atoms with Crippen molar-refractivity contribution in [3.8, 4) is 5.82 Å². The SMILES string of the molecule is CN(C)S(=O)(=O)NCCNc1cc(-n2cccc2)ncn1. The summed E-state index contributed by atoms with van der Waals surface area (Å²) in [5.41, 5.74) is 0. The summed E-state index contributed by atoms with van der Waals surface area (Å²) in [5, 5.41) is 3.05. The maximum Gasteiger partial charge on any atom is 0.278 e. The first-order valence-electron chi connectivity index (χ1n) is 6.35. The summed E-state index contributed by atoms with van der Waals surface area (Å²) in [4.78, 5) is 8.26. The third kappa shape index (κ3) is 4.25. The van der Waals surface area contributed by atoms with Gasteiger partial charge in [0.1, 0.15) is 18.0 Å². The van der Waals surface area contributed by atoms with Gasteiger partial charge in [0.15, 0.2) is 0 Å². The number of nitrogens with one attached hydrogen (secondary N) is 2. The zero-order valence-corrected chi connectivity index (χ0v) is 12.7. The van der Waals surface area contributed by atoms with Gasteiger partial charge in [0.2, 0.25) is 0 Å². The molecule has 9 heteroatoms. The van der Waals surface area contributed by atoms with E-state index in [1.807, 2.05) is 29.1 Å². The van der Waals surface area contributed by atoms with Crippen LogP contribution in [0.3, 0.4) is 0 Å². The smallest absolute Gasteiger partial charge is 0.278 e. The first-order chi connectivity index (χ1) is 9.99. The minimum absolute atomic E-state index is 0.267. The molecule has 0 unspecified atom stereocenters. The van der Waals surface area contributed by atoms with Crippen molar-refractivity contribution in [1.82, 2.24) is 23.6 Å². The van der Waals surface area contributed by atoms with Crippen LogP contribution in [0.4, 0.5) is 5.82 Å². The summed E-state index contributed by atoms with van der Waals surface area (Å²) in [7, 11) is -0.438. The molecule has 114 valence electrons. The predicted molar refractivity (Wildman–Crippen MR) is 80.5 cm³/mol. The standard InChI is InChI=1S/C12H18N6O2S/c1-17(2)21(19,20)16-6-5-13-11-9-12(15-10-14-11)18-7-3-4-8-18/h3-4,7-10,16H,5-6H2,1-2H3,(H,13,14,15). The first-order valence-corrected chi connectivity index (χ1v) is 7.79. The van der Waals surface area contributed by atoms with Crippen molar-refractivity contribution in [3.63, 3.8) is 0 Å². The fourth-order valence-corrected chi connectivity index (χ4v) is 2.19. The molecule has 0 amide bonds. The summed E-state index contributed by atoms with van der Waals surface area (Å²) in [6.07, 6.45) is 5.23. The van der Waals surface area contributed by atoms with Crippen LogP contribution >= 0.6 is 0 Å². The highest BCUT2D eigenvalue weighted by Crippen LogP contribution is 2.08. The fraction of sp³-hybridized carbons (Fsp3) is 0.333. The van der Waals surface area contributed by atoms with E-state index in [0.29, 0.717) is 12.4 Å². The van der Waals surface area contributed by atoms with Crippen LogP contribution < -0.4 is 10.0 Å². The molecule has 0 aromatic carbocycles. The van der Waals surface area contributed by atoms with Gasteiger partial charge in [0.05, 0.1) is 0 Å². The molecular formula is C12H18N6O2S. The molecule has 2 aromatic heterocycles. The summed E-state index contributed by atoms with van der Waals surface area (Å²) < 4.78 is 28.5. The van der Waals surface area contributed by atoms with Crippen molar-refractivity contribution in [2.24, 2.45) is 0 Å². The average molecular weight is 310 g/mol. The Morgan fingerprint density at radius 1 is 1.19 bits per heavy atom. The first kappa shape index (κ1) is 15.4. The summed E-state index contributed by atoms with van der Waals surface area (Å²) in [6.45, 7) is 0.693. The normalized spacial score (nSPS) is 11.8. The zero-order chi connectivity index (χ0) is 15.3. The fourth-order valence-electron chi connectivity index (χ4n) is 1.57. The molecule has 2 heterocycles. The zero-order valence-electron chi connectivity index (χ0n) is 11.9. The van der Waals surface area contributed by atoms with Crippen LogP contribution in [0.15, 0.2) is 36.9 Å². The van der Waals surface area contributed by atoms with Crippen molar-refractivity contribution >= 4 is 16.0 Å². The molecule has 0 saturated carbocycles. The van der Waals surface area contributed by atoms with Crippen LogP contribution in [-0.4, -0.2) is 54.4 Å². The van der Waals surface area contributed by atoms with E-state index >= 15 is 0 Å². The number of anilines is 1. The second-order valence-corrected chi connectivity index (χ2v) is 6.43. The molecule has 2 N–H and O–H groups in total. The van der Waals surface area contributed by atoms with Crippen LogP contribution in [0, 0.1) is 0 Å². The number of aromatic nitrogens is 3. The molecule has 0 fully saturated rings. The highest BCUT2D eigenvalue weighted by Gasteiger charge is 2.11. The van der Waals surface area contributed by atoms with Gasteiger partial charge in [0.25, 0.3) is 10.2 Å².